The molecule has 0 spiro atoms. The van der Waals surface area contributed by atoms with E-state index >= 15 is 0 Å². The first-order valence-corrected chi connectivity index (χ1v) is 5.72. The first-order chi connectivity index (χ1) is 6.89. The minimum Gasteiger partial charge on any atom is -0.591 e. The highest BCUT2D eigenvalue weighted by atomic mass is 32.2. The number of nitrogens with zero attached hydrogens (tertiary/aromatic N) is 1. The largest absolute Gasteiger partial charge is 0.591 e. The van der Waals surface area contributed by atoms with Crippen LogP contribution in [0, 0.1) is 5.82 Å². The molecular weight excluding hydrogens is 213 g/mol. The van der Waals surface area contributed by atoms with Gasteiger partial charge in [-0.05, 0) is 32.9 Å². The van der Waals surface area contributed by atoms with Crippen LogP contribution in [0.5, 0.6) is 0 Å². The quantitative estimate of drug-likeness (QED) is 0.565. The highest BCUT2D eigenvalue weighted by molar-refractivity contribution is 7.91. The third-order valence-corrected chi connectivity index (χ3v) is 3.01. The zero-order valence-electron chi connectivity index (χ0n) is 9.03. The molecule has 0 saturated heterocycles. The Kier molecular flexibility index (Phi) is 3.88. The average Bonchev–Trinajstić information content (AvgIpc) is 2.12. The molecule has 0 aliphatic heterocycles. The highest BCUT2D eigenvalue weighted by Gasteiger charge is 2.25. The van der Waals surface area contributed by atoms with Gasteiger partial charge in [-0.2, -0.15) is 0 Å². The van der Waals surface area contributed by atoms with Gasteiger partial charge in [-0.1, -0.05) is 16.5 Å². The molecule has 2 nitrogen and oxygen atoms in total. The van der Waals surface area contributed by atoms with E-state index < -0.39 is 11.4 Å². The topological polar surface area (TPSA) is 35.4 Å². The fourth-order valence-electron chi connectivity index (χ4n) is 0.854. The van der Waals surface area contributed by atoms with Crippen molar-refractivity contribution in [1.29, 1.82) is 0 Å². The SMILES string of the molecule is CC(C)(C)[S@@+]([O-])/N=C/c1cccc(F)c1. The van der Waals surface area contributed by atoms with Gasteiger partial charge >= 0.3 is 0 Å². The lowest BCUT2D eigenvalue weighted by atomic mass is 10.2. The maximum atomic E-state index is 12.8. The lowest BCUT2D eigenvalue weighted by Crippen LogP contribution is -2.25. The van der Waals surface area contributed by atoms with Crippen molar-refractivity contribution in [2.45, 2.75) is 25.5 Å². The molecule has 0 aliphatic carbocycles. The predicted molar refractivity (Wildman–Crippen MR) is 61.9 cm³/mol. The Morgan fingerprint density at radius 1 is 1.40 bits per heavy atom. The first-order valence-electron chi connectivity index (χ1n) is 4.61. The minimum atomic E-state index is -1.30. The van der Waals surface area contributed by atoms with Gasteiger partial charge in [0, 0.05) is 5.56 Å². The summed E-state index contributed by atoms with van der Waals surface area (Å²) in [5.74, 6) is -0.319. The first kappa shape index (κ1) is 12.2. The summed E-state index contributed by atoms with van der Waals surface area (Å²) in [6.07, 6.45) is 1.43. The molecule has 0 bridgehead atoms. The zero-order chi connectivity index (χ0) is 11.5. The molecule has 0 amide bonds. The van der Waals surface area contributed by atoms with Crippen LogP contribution in [0.1, 0.15) is 26.3 Å². The van der Waals surface area contributed by atoms with Gasteiger partial charge in [-0.15, -0.1) is 0 Å². The summed E-state index contributed by atoms with van der Waals surface area (Å²) in [7, 11) is 0. The van der Waals surface area contributed by atoms with E-state index in [-0.39, 0.29) is 10.6 Å². The van der Waals surface area contributed by atoms with E-state index in [9.17, 15) is 8.94 Å². The molecule has 0 fully saturated rings. The van der Waals surface area contributed by atoms with Crippen molar-refractivity contribution in [1.82, 2.24) is 0 Å². The van der Waals surface area contributed by atoms with E-state index in [1.165, 1.54) is 18.3 Å². The van der Waals surface area contributed by atoms with Crippen molar-refractivity contribution in [3.05, 3.63) is 35.6 Å². The summed E-state index contributed by atoms with van der Waals surface area (Å²) in [5, 5.41) is 0. The molecule has 0 aliphatic rings. The van der Waals surface area contributed by atoms with E-state index in [2.05, 4.69) is 4.40 Å². The van der Waals surface area contributed by atoms with Crippen molar-refractivity contribution in [3.8, 4) is 0 Å². The Bertz CT molecular complexity index is 360. The molecule has 0 saturated carbocycles. The van der Waals surface area contributed by atoms with E-state index in [0.717, 1.165) is 0 Å². The van der Waals surface area contributed by atoms with Crippen LogP contribution in [0.2, 0.25) is 0 Å². The van der Waals surface area contributed by atoms with Crippen LogP contribution in [0.4, 0.5) is 4.39 Å². The molecular formula is C11H14FNOS. The summed E-state index contributed by atoms with van der Waals surface area (Å²) < 4.78 is 27.8. The molecule has 0 unspecified atom stereocenters. The van der Waals surface area contributed by atoms with E-state index in [1.807, 2.05) is 20.8 Å². The van der Waals surface area contributed by atoms with E-state index in [1.54, 1.807) is 12.1 Å². The Labute approximate surface area is 92.5 Å². The molecule has 1 rings (SSSR count). The standard InChI is InChI=1S/C11H14FNOS/c1-11(2,3)15(14)13-8-9-5-4-6-10(12)7-9/h4-8H,1-3H3/b13-8+/t15-/m1/s1. The highest BCUT2D eigenvalue weighted by Crippen LogP contribution is 2.16. The van der Waals surface area contributed by atoms with Crippen molar-refractivity contribution in [2.24, 2.45) is 4.40 Å². The maximum Gasteiger partial charge on any atom is 0.144 e. The summed E-state index contributed by atoms with van der Waals surface area (Å²) in [4.78, 5) is 0. The molecule has 0 N–H and O–H groups in total. The van der Waals surface area contributed by atoms with Crippen molar-refractivity contribution in [2.75, 3.05) is 0 Å². The summed E-state index contributed by atoms with van der Waals surface area (Å²) >= 11 is -1.30. The van der Waals surface area contributed by atoms with E-state index in [0.29, 0.717) is 5.56 Å². The number of hydrogen-bond donors (Lipinski definition) is 0. The Hall–Kier alpha value is -0.870. The smallest absolute Gasteiger partial charge is 0.144 e. The zero-order valence-corrected chi connectivity index (χ0v) is 9.84. The van der Waals surface area contributed by atoms with Gasteiger partial charge in [0.25, 0.3) is 0 Å². The van der Waals surface area contributed by atoms with Gasteiger partial charge in [0.2, 0.25) is 0 Å². The number of rotatable bonds is 2. The monoisotopic (exact) mass is 227 g/mol. The molecule has 0 aromatic heterocycles. The average molecular weight is 227 g/mol. The second kappa shape index (κ2) is 4.77. The number of benzene rings is 1. The van der Waals surface area contributed by atoms with Crippen molar-refractivity contribution >= 4 is 17.6 Å². The molecule has 4 heteroatoms. The van der Waals surface area contributed by atoms with Crippen LogP contribution in [-0.4, -0.2) is 15.5 Å². The number of hydrogen-bond acceptors (Lipinski definition) is 2. The minimum absolute atomic E-state index is 0.319. The normalized spacial score (nSPS) is 14.5. The van der Waals surface area contributed by atoms with Crippen LogP contribution in [0.15, 0.2) is 28.7 Å². The van der Waals surface area contributed by atoms with Gasteiger partial charge in [-0.25, -0.2) is 4.39 Å². The van der Waals surface area contributed by atoms with Crippen molar-refractivity contribution in [3.63, 3.8) is 0 Å². The molecule has 0 radical (unpaired) electrons. The lowest BCUT2D eigenvalue weighted by molar-refractivity contribution is 0.562. The van der Waals surface area contributed by atoms with Gasteiger partial charge in [0.05, 0.1) is 6.21 Å². The molecule has 1 aromatic rings. The fraction of sp³-hybridized carbons (Fsp3) is 0.364. The van der Waals surface area contributed by atoms with E-state index in [4.69, 9.17) is 0 Å². The van der Waals surface area contributed by atoms with Gasteiger partial charge in [0.15, 0.2) is 0 Å². The second-order valence-electron chi connectivity index (χ2n) is 4.15. The van der Waals surface area contributed by atoms with Crippen LogP contribution in [-0.2, 0) is 11.4 Å². The summed E-state index contributed by atoms with van der Waals surface area (Å²) in [6.45, 7) is 5.52. The summed E-state index contributed by atoms with van der Waals surface area (Å²) in [5.41, 5.74) is 0.618. The predicted octanol–water partition coefficient (Wildman–Crippen LogP) is 2.71. The number of halogens is 1. The summed E-state index contributed by atoms with van der Waals surface area (Å²) in [6, 6.07) is 6.02. The Morgan fingerprint density at radius 2 is 2.07 bits per heavy atom. The lowest BCUT2D eigenvalue weighted by Gasteiger charge is -2.17. The van der Waals surface area contributed by atoms with Crippen LogP contribution >= 0.6 is 0 Å². The van der Waals surface area contributed by atoms with Crippen molar-refractivity contribution < 1.29 is 8.94 Å². The van der Waals surface area contributed by atoms with Gasteiger partial charge in [0.1, 0.15) is 21.9 Å². The molecule has 0 heterocycles. The Morgan fingerprint density at radius 3 is 2.60 bits per heavy atom. The molecule has 82 valence electrons. The molecule has 1 aromatic carbocycles. The molecule has 15 heavy (non-hydrogen) atoms. The molecule has 1 atom stereocenters. The third-order valence-electron chi connectivity index (χ3n) is 1.67. The van der Waals surface area contributed by atoms with Gasteiger partial charge < -0.3 is 4.55 Å². The third kappa shape index (κ3) is 4.01. The van der Waals surface area contributed by atoms with Crippen LogP contribution in [0.3, 0.4) is 0 Å². The second-order valence-corrected chi connectivity index (χ2v) is 6.08. The fourth-order valence-corrected chi connectivity index (χ4v) is 1.39. The Balaban J connectivity index is 2.74. The van der Waals surface area contributed by atoms with Crippen LogP contribution < -0.4 is 0 Å². The van der Waals surface area contributed by atoms with Crippen LogP contribution in [0.25, 0.3) is 0 Å². The maximum absolute atomic E-state index is 12.8. The van der Waals surface area contributed by atoms with Gasteiger partial charge in [-0.3, -0.25) is 0 Å².